The summed E-state index contributed by atoms with van der Waals surface area (Å²) in [4.78, 5) is 0. The van der Waals surface area contributed by atoms with Gasteiger partial charge in [-0.15, -0.1) is 0 Å². The number of hydrogen-bond acceptors (Lipinski definition) is 3. The van der Waals surface area contributed by atoms with Crippen LogP contribution in [0.2, 0.25) is 5.02 Å². The van der Waals surface area contributed by atoms with Crippen molar-refractivity contribution in [1.29, 1.82) is 0 Å². The first-order valence-corrected chi connectivity index (χ1v) is 7.79. The molecule has 1 saturated carbocycles. The molecule has 20 heavy (non-hydrogen) atoms. The Labute approximate surface area is 126 Å². The Hall–Kier alpha value is -0.580. The Bertz CT molecular complexity index is 451. The van der Waals surface area contributed by atoms with E-state index >= 15 is 0 Å². The molecule has 0 bridgehead atoms. The van der Waals surface area contributed by atoms with Crippen molar-refractivity contribution in [3.63, 3.8) is 0 Å². The van der Waals surface area contributed by atoms with Gasteiger partial charge in [0.25, 0.3) is 0 Å². The summed E-state index contributed by atoms with van der Waals surface area (Å²) in [5.74, 6) is 0. The second kappa shape index (κ2) is 6.46. The molecule has 0 aromatic carbocycles. The quantitative estimate of drug-likeness (QED) is 0.870. The van der Waals surface area contributed by atoms with Crippen LogP contribution < -0.4 is 0 Å². The number of aliphatic hydroxyl groups is 1. The Morgan fingerprint density at radius 3 is 2.40 bits per heavy atom. The van der Waals surface area contributed by atoms with Gasteiger partial charge in [0.2, 0.25) is 0 Å². The minimum Gasteiger partial charge on any atom is -0.390 e. The van der Waals surface area contributed by atoms with E-state index < -0.39 is 11.7 Å². The molecular formula is C15H25ClN2O2. The molecule has 0 amide bonds. The van der Waals surface area contributed by atoms with Gasteiger partial charge in [-0.25, -0.2) is 0 Å². The van der Waals surface area contributed by atoms with Crippen molar-refractivity contribution >= 4 is 11.6 Å². The average molecular weight is 301 g/mol. The average Bonchev–Trinajstić information content (AvgIpc) is 2.66. The van der Waals surface area contributed by atoms with E-state index in [-0.39, 0.29) is 0 Å². The highest BCUT2D eigenvalue weighted by molar-refractivity contribution is 6.31. The van der Waals surface area contributed by atoms with Crippen molar-refractivity contribution in [3.8, 4) is 0 Å². The fourth-order valence-electron chi connectivity index (χ4n) is 3.27. The van der Waals surface area contributed by atoms with E-state index in [2.05, 4.69) is 5.10 Å². The summed E-state index contributed by atoms with van der Waals surface area (Å²) in [5, 5.41) is 15.7. The summed E-state index contributed by atoms with van der Waals surface area (Å²) >= 11 is 6.28. The van der Waals surface area contributed by atoms with Crippen LogP contribution >= 0.6 is 11.6 Å². The van der Waals surface area contributed by atoms with Crippen molar-refractivity contribution in [2.24, 2.45) is 7.05 Å². The van der Waals surface area contributed by atoms with Crippen LogP contribution in [0, 0.1) is 6.92 Å². The van der Waals surface area contributed by atoms with Gasteiger partial charge in [-0.1, -0.05) is 37.3 Å². The largest absolute Gasteiger partial charge is 0.390 e. The van der Waals surface area contributed by atoms with E-state index in [0.717, 1.165) is 37.1 Å². The van der Waals surface area contributed by atoms with E-state index in [1.165, 1.54) is 12.8 Å². The first-order valence-electron chi connectivity index (χ1n) is 7.41. The van der Waals surface area contributed by atoms with Gasteiger partial charge in [0, 0.05) is 20.6 Å². The first kappa shape index (κ1) is 15.8. The maximum atomic E-state index is 10.7. The summed E-state index contributed by atoms with van der Waals surface area (Å²) in [6.45, 7) is 1.88. The Morgan fingerprint density at radius 2 is 1.95 bits per heavy atom. The highest BCUT2D eigenvalue weighted by Gasteiger charge is 2.39. The summed E-state index contributed by atoms with van der Waals surface area (Å²) in [6, 6.07) is 0. The highest BCUT2D eigenvalue weighted by atomic mass is 35.5. The van der Waals surface area contributed by atoms with E-state index in [9.17, 15) is 5.11 Å². The standard InChI is InChI=1S/C15H25ClN2O2/c1-11-14(16)12(18(2)17-11)10-13(19)15(20-3)8-6-4-5-7-9-15/h13,19H,4-10H2,1-3H3. The van der Waals surface area contributed by atoms with E-state index in [1.807, 2.05) is 14.0 Å². The lowest BCUT2D eigenvalue weighted by Gasteiger charge is -2.36. The number of aromatic nitrogens is 2. The zero-order valence-corrected chi connectivity index (χ0v) is 13.4. The predicted octanol–water partition coefficient (Wildman–Crippen LogP) is 3.02. The zero-order valence-electron chi connectivity index (χ0n) is 12.7. The minimum atomic E-state index is -0.544. The van der Waals surface area contributed by atoms with Gasteiger partial charge < -0.3 is 9.84 Å². The molecule has 1 aliphatic rings. The molecule has 1 fully saturated rings. The molecule has 114 valence electrons. The molecular weight excluding hydrogens is 276 g/mol. The normalized spacial score (nSPS) is 20.6. The molecule has 1 unspecified atom stereocenters. The third-order valence-corrected chi connectivity index (χ3v) is 5.10. The van der Waals surface area contributed by atoms with Crippen LogP contribution in [0.3, 0.4) is 0 Å². The van der Waals surface area contributed by atoms with Crippen molar-refractivity contribution in [2.45, 2.75) is 63.6 Å². The monoisotopic (exact) mass is 300 g/mol. The second-order valence-corrected chi connectivity index (χ2v) is 6.25. The number of aliphatic hydroxyl groups excluding tert-OH is 1. The van der Waals surface area contributed by atoms with Gasteiger partial charge in [-0.2, -0.15) is 5.10 Å². The highest BCUT2D eigenvalue weighted by Crippen LogP contribution is 2.35. The lowest BCUT2D eigenvalue weighted by Crippen LogP contribution is -2.45. The molecule has 0 aliphatic heterocycles. The third-order valence-electron chi connectivity index (χ3n) is 4.61. The Kier molecular flexibility index (Phi) is 5.10. The SMILES string of the molecule is COC1(C(O)Cc2c(Cl)c(C)nn2C)CCCCCC1. The zero-order chi connectivity index (χ0) is 14.8. The smallest absolute Gasteiger partial charge is 0.0940 e. The molecule has 5 heteroatoms. The van der Waals surface area contributed by atoms with Gasteiger partial charge in [0.15, 0.2) is 0 Å². The number of methoxy groups -OCH3 is 1. The first-order chi connectivity index (χ1) is 9.50. The number of ether oxygens (including phenoxy) is 1. The molecule has 1 N–H and O–H groups in total. The number of aryl methyl sites for hydroxylation is 2. The van der Waals surface area contributed by atoms with E-state index in [0.29, 0.717) is 11.4 Å². The summed E-state index contributed by atoms with van der Waals surface area (Å²) < 4.78 is 7.52. The fraction of sp³-hybridized carbons (Fsp3) is 0.800. The molecule has 1 aliphatic carbocycles. The van der Waals surface area contributed by atoms with Crippen molar-refractivity contribution < 1.29 is 9.84 Å². The van der Waals surface area contributed by atoms with E-state index in [4.69, 9.17) is 16.3 Å². The van der Waals surface area contributed by atoms with Gasteiger partial charge in [-0.3, -0.25) is 4.68 Å². The lowest BCUT2D eigenvalue weighted by molar-refractivity contribution is -0.111. The number of rotatable bonds is 4. The van der Waals surface area contributed by atoms with Crippen LogP contribution in [0.1, 0.15) is 49.9 Å². The van der Waals surface area contributed by atoms with Gasteiger partial charge in [0.1, 0.15) is 0 Å². The number of hydrogen-bond donors (Lipinski definition) is 1. The van der Waals surface area contributed by atoms with Crippen molar-refractivity contribution in [1.82, 2.24) is 9.78 Å². The van der Waals surface area contributed by atoms with Gasteiger partial charge in [0.05, 0.1) is 28.1 Å². The van der Waals surface area contributed by atoms with Gasteiger partial charge >= 0.3 is 0 Å². The lowest BCUT2D eigenvalue weighted by atomic mass is 9.85. The third kappa shape index (κ3) is 3.02. The molecule has 1 aromatic heterocycles. The maximum absolute atomic E-state index is 10.7. The van der Waals surface area contributed by atoms with Crippen LogP contribution in [-0.4, -0.2) is 33.7 Å². The fourth-order valence-corrected chi connectivity index (χ4v) is 3.51. The minimum absolute atomic E-state index is 0.433. The number of halogens is 1. The predicted molar refractivity (Wildman–Crippen MR) is 80.1 cm³/mol. The van der Waals surface area contributed by atoms with Crippen LogP contribution in [0.15, 0.2) is 0 Å². The number of nitrogens with zero attached hydrogens (tertiary/aromatic N) is 2. The molecule has 1 atom stereocenters. The topological polar surface area (TPSA) is 47.3 Å². The molecule has 1 aromatic rings. The Balaban J connectivity index is 2.18. The molecule has 1 heterocycles. The summed E-state index contributed by atoms with van der Waals surface area (Å²) in [7, 11) is 3.58. The van der Waals surface area contributed by atoms with Crippen molar-refractivity contribution in [3.05, 3.63) is 16.4 Å². The van der Waals surface area contributed by atoms with E-state index in [1.54, 1.807) is 11.8 Å². The molecule has 0 saturated heterocycles. The summed E-state index contributed by atoms with van der Waals surface area (Å²) in [5.41, 5.74) is 1.26. The van der Waals surface area contributed by atoms with Crippen LogP contribution in [0.25, 0.3) is 0 Å². The maximum Gasteiger partial charge on any atom is 0.0940 e. The molecule has 0 radical (unpaired) electrons. The Morgan fingerprint density at radius 1 is 1.35 bits per heavy atom. The second-order valence-electron chi connectivity index (χ2n) is 5.87. The summed E-state index contributed by atoms with van der Waals surface area (Å²) in [6.07, 6.45) is 6.46. The molecule has 2 rings (SSSR count). The van der Waals surface area contributed by atoms with Gasteiger partial charge in [-0.05, 0) is 19.8 Å². The van der Waals surface area contributed by atoms with Crippen molar-refractivity contribution in [2.75, 3.05) is 7.11 Å². The van der Waals surface area contributed by atoms with Crippen LogP contribution in [-0.2, 0) is 18.2 Å². The molecule has 4 nitrogen and oxygen atoms in total. The molecule has 0 spiro atoms. The van der Waals surface area contributed by atoms with Crippen LogP contribution in [0.4, 0.5) is 0 Å². The van der Waals surface area contributed by atoms with Crippen LogP contribution in [0.5, 0.6) is 0 Å².